The van der Waals surface area contributed by atoms with Crippen molar-refractivity contribution in [1.29, 1.82) is 0 Å². The van der Waals surface area contributed by atoms with E-state index < -0.39 is 0 Å². The Morgan fingerprint density at radius 1 is 1.44 bits per heavy atom. The zero-order valence-electron chi connectivity index (χ0n) is 11.8. The quantitative estimate of drug-likeness (QED) is 0.755. The number of methoxy groups -OCH3 is 1. The summed E-state index contributed by atoms with van der Waals surface area (Å²) >= 11 is 3.80. The molecule has 1 aromatic heterocycles. The molecule has 5 heteroatoms. The molecule has 1 unspecified atom stereocenters. The molecule has 1 atom stereocenters. The van der Waals surface area contributed by atoms with Gasteiger partial charge < -0.3 is 10.1 Å². The Balaban J connectivity index is 2.62. The van der Waals surface area contributed by atoms with Crippen molar-refractivity contribution in [3.05, 3.63) is 15.6 Å². The zero-order chi connectivity index (χ0) is 13.4. The number of nitrogens with one attached hydrogen (secondary N) is 1. The van der Waals surface area contributed by atoms with E-state index in [1.807, 2.05) is 23.1 Å². The predicted octanol–water partition coefficient (Wildman–Crippen LogP) is 3.43. The van der Waals surface area contributed by atoms with Gasteiger partial charge in [-0.1, -0.05) is 20.8 Å². The molecule has 3 nitrogen and oxygen atoms in total. The van der Waals surface area contributed by atoms with Gasteiger partial charge in [0.25, 0.3) is 0 Å². The van der Waals surface area contributed by atoms with Crippen LogP contribution in [0.1, 0.15) is 42.8 Å². The second-order valence-corrected chi connectivity index (χ2v) is 6.82. The van der Waals surface area contributed by atoms with Crippen molar-refractivity contribution in [1.82, 2.24) is 10.3 Å². The lowest BCUT2D eigenvalue weighted by molar-refractivity contribution is 0.181. The van der Waals surface area contributed by atoms with Gasteiger partial charge in [0.15, 0.2) is 0 Å². The van der Waals surface area contributed by atoms with E-state index in [2.05, 4.69) is 26.1 Å². The minimum atomic E-state index is 0.616. The van der Waals surface area contributed by atoms with Crippen LogP contribution >= 0.6 is 23.1 Å². The summed E-state index contributed by atoms with van der Waals surface area (Å²) in [6.45, 7) is 9.13. The second kappa shape index (κ2) is 8.91. The Labute approximate surface area is 119 Å². The van der Waals surface area contributed by atoms with Crippen molar-refractivity contribution in [3.8, 4) is 0 Å². The molecule has 0 fully saturated rings. The molecule has 104 valence electrons. The van der Waals surface area contributed by atoms with Crippen LogP contribution in [0.3, 0.4) is 0 Å². The third-order valence-electron chi connectivity index (χ3n) is 2.71. The van der Waals surface area contributed by atoms with Crippen molar-refractivity contribution in [2.24, 2.45) is 0 Å². The molecule has 0 saturated heterocycles. The highest BCUT2D eigenvalue weighted by Crippen LogP contribution is 2.26. The highest BCUT2D eigenvalue weighted by molar-refractivity contribution is 7.99. The molecule has 0 aliphatic heterocycles. The molecule has 0 bridgehead atoms. The fraction of sp³-hybridized carbons (Fsp3) is 0.769. The van der Waals surface area contributed by atoms with E-state index in [4.69, 9.17) is 9.72 Å². The summed E-state index contributed by atoms with van der Waals surface area (Å²) in [5.41, 5.74) is 1.10. The Kier molecular flexibility index (Phi) is 7.90. The maximum Gasteiger partial charge on any atom is 0.103 e. The molecule has 0 amide bonds. The molecule has 0 aliphatic carbocycles. The van der Waals surface area contributed by atoms with Crippen LogP contribution in [0.4, 0.5) is 0 Å². The van der Waals surface area contributed by atoms with Gasteiger partial charge in [0.2, 0.25) is 0 Å². The zero-order valence-corrected chi connectivity index (χ0v) is 13.4. The van der Waals surface area contributed by atoms with E-state index in [0.29, 0.717) is 11.9 Å². The van der Waals surface area contributed by atoms with E-state index in [0.717, 1.165) is 24.5 Å². The minimum absolute atomic E-state index is 0.616. The molecule has 0 aliphatic rings. The van der Waals surface area contributed by atoms with Gasteiger partial charge in [0.05, 0.1) is 12.3 Å². The number of aromatic nitrogens is 1. The van der Waals surface area contributed by atoms with Crippen molar-refractivity contribution >= 4 is 23.1 Å². The Morgan fingerprint density at radius 2 is 2.22 bits per heavy atom. The molecule has 0 saturated carbocycles. The largest absolute Gasteiger partial charge is 0.378 e. The first-order chi connectivity index (χ1) is 8.71. The molecule has 1 aromatic rings. The van der Waals surface area contributed by atoms with Crippen LogP contribution in [0.25, 0.3) is 0 Å². The molecule has 1 N–H and O–H groups in total. The van der Waals surface area contributed by atoms with Gasteiger partial charge >= 0.3 is 0 Å². The van der Waals surface area contributed by atoms with Crippen LogP contribution in [-0.4, -0.2) is 23.9 Å². The summed E-state index contributed by atoms with van der Waals surface area (Å²) in [4.78, 5) is 6.01. The molecule has 1 heterocycles. The Bertz CT molecular complexity index is 342. The molecule has 18 heavy (non-hydrogen) atoms. The molecular weight excluding hydrogens is 264 g/mol. The van der Waals surface area contributed by atoms with Crippen LogP contribution in [0.5, 0.6) is 0 Å². The van der Waals surface area contributed by atoms with Gasteiger partial charge in [-0.25, -0.2) is 4.98 Å². The fourth-order valence-electron chi connectivity index (χ4n) is 1.46. The molecule has 0 radical (unpaired) electrons. The average Bonchev–Trinajstić information content (AvgIpc) is 2.76. The summed E-state index contributed by atoms with van der Waals surface area (Å²) in [5.74, 6) is 1.02. The molecule has 0 aromatic carbocycles. The Hall–Kier alpha value is -0.100. The van der Waals surface area contributed by atoms with Crippen molar-refractivity contribution < 1.29 is 4.74 Å². The third kappa shape index (κ3) is 5.26. The van der Waals surface area contributed by atoms with Crippen molar-refractivity contribution in [3.63, 3.8) is 0 Å². The van der Waals surface area contributed by atoms with Crippen LogP contribution in [0.15, 0.2) is 0 Å². The van der Waals surface area contributed by atoms with E-state index >= 15 is 0 Å². The van der Waals surface area contributed by atoms with Gasteiger partial charge in [-0.05, 0) is 13.0 Å². The maximum atomic E-state index is 5.22. The van der Waals surface area contributed by atoms with Crippen molar-refractivity contribution in [2.45, 2.75) is 51.3 Å². The summed E-state index contributed by atoms with van der Waals surface area (Å²) in [7, 11) is 1.73. The first-order valence-electron chi connectivity index (χ1n) is 6.49. The monoisotopic (exact) mass is 288 g/mol. The Morgan fingerprint density at radius 3 is 2.83 bits per heavy atom. The lowest BCUT2D eigenvalue weighted by atomic mass is 10.3. The highest BCUT2D eigenvalue weighted by Gasteiger charge is 2.11. The number of rotatable bonds is 9. The predicted molar refractivity (Wildman–Crippen MR) is 81.3 cm³/mol. The third-order valence-corrected chi connectivity index (χ3v) is 5.33. The van der Waals surface area contributed by atoms with Gasteiger partial charge in [-0.3, -0.25) is 0 Å². The summed E-state index contributed by atoms with van der Waals surface area (Å²) in [5, 5.41) is 5.29. The van der Waals surface area contributed by atoms with Crippen LogP contribution in [0, 0.1) is 0 Å². The van der Waals surface area contributed by atoms with Crippen LogP contribution in [0.2, 0.25) is 0 Å². The first kappa shape index (κ1) is 16.0. The average molecular weight is 288 g/mol. The van der Waals surface area contributed by atoms with Crippen molar-refractivity contribution in [2.75, 3.05) is 13.7 Å². The number of ether oxygens (including phenoxy) is 1. The van der Waals surface area contributed by atoms with E-state index in [9.17, 15) is 0 Å². The molecule has 1 rings (SSSR count). The molecular formula is C13H24N2OS2. The summed E-state index contributed by atoms with van der Waals surface area (Å²) in [6.07, 6.45) is 1.21. The van der Waals surface area contributed by atoms with Gasteiger partial charge in [0.1, 0.15) is 5.01 Å². The van der Waals surface area contributed by atoms with E-state index in [1.165, 1.54) is 16.3 Å². The number of nitrogens with zero attached hydrogens (tertiary/aromatic N) is 1. The number of thioether (sulfide) groups is 1. The summed E-state index contributed by atoms with van der Waals surface area (Å²) in [6, 6.07) is 0. The van der Waals surface area contributed by atoms with Gasteiger partial charge in [-0.15, -0.1) is 11.3 Å². The van der Waals surface area contributed by atoms with E-state index in [1.54, 1.807) is 7.11 Å². The minimum Gasteiger partial charge on any atom is -0.378 e. The lowest BCUT2D eigenvalue weighted by Gasteiger charge is -2.05. The first-order valence-corrected chi connectivity index (χ1v) is 8.36. The second-order valence-electron chi connectivity index (χ2n) is 4.22. The lowest BCUT2D eigenvalue weighted by Crippen LogP contribution is -2.12. The normalized spacial score (nSPS) is 12.9. The summed E-state index contributed by atoms with van der Waals surface area (Å²) < 4.78 is 5.22. The van der Waals surface area contributed by atoms with Gasteiger partial charge in [0, 0.05) is 29.5 Å². The standard InChI is InChI=1S/C13H24N2OS2/c1-5-10(3)17-9-13-15-11(8-16-4)12(18-13)7-14-6-2/h10,14H,5-9H2,1-4H3. The maximum absolute atomic E-state index is 5.22. The molecule has 0 spiro atoms. The SMILES string of the molecule is CCNCc1sc(CSC(C)CC)nc1COC. The van der Waals surface area contributed by atoms with Gasteiger partial charge in [-0.2, -0.15) is 11.8 Å². The topological polar surface area (TPSA) is 34.2 Å². The van der Waals surface area contributed by atoms with E-state index in [-0.39, 0.29) is 0 Å². The smallest absolute Gasteiger partial charge is 0.103 e. The fourth-order valence-corrected chi connectivity index (χ4v) is 3.46. The van der Waals surface area contributed by atoms with Crippen LogP contribution in [-0.2, 0) is 23.6 Å². The highest BCUT2D eigenvalue weighted by atomic mass is 32.2. The number of hydrogen-bond donors (Lipinski definition) is 1. The number of hydrogen-bond acceptors (Lipinski definition) is 5. The van der Waals surface area contributed by atoms with Crippen LogP contribution < -0.4 is 5.32 Å². The number of thiazole rings is 1.